The summed E-state index contributed by atoms with van der Waals surface area (Å²) in [5.41, 5.74) is 0.429. The summed E-state index contributed by atoms with van der Waals surface area (Å²) in [7, 11) is 1.45. The number of carbonyl (C=O) groups is 1. The molecule has 0 aliphatic rings. The minimum atomic E-state index is -3.68. The van der Waals surface area contributed by atoms with Crippen LogP contribution in [0.15, 0.2) is 24.3 Å². The lowest BCUT2D eigenvalue weighted by atomic mass is 10.3. The van der Waals surface area contributed by atoms with Crippen molar-refractivity contribution in [3.05, 3.63) is 24.3 Å². The zero-order valence-corrected chi connectivity index (χ0v) is 10.7. The molecule has 0 heterocycles. The smallest absolute Gasteiger partial charge is 0.428 e. The van der Waals surface area contributed by atoms with Crippen LogP contribution in [0.2, 0.25) is 0 Å². The molecule has 18 heavy (non-hydrogen) atoms. The summed E-state index contributed by atoms with van der Waals surface area (Å²) in [5, 5.41) is 4.80. The minimum Gasteiger partial charge on any atom is -0.431 e. The molecule has 8 heteroatoms. The van der Waals surface area contributed by atoms with Gasteiger partial charge in [0.25, 0.3) is 0 Å². The van der Waals surface area contributed by atoms with Gasteiger partial charge in [0.05, 0.1) is 0 Å². The molecule has 0 fully saturated rings. The molecule has 4 nitrogen and oxygen atoms in total. The topological polar surface area (TPSA) is 50.4 Å². The molecule has 0 aliphatic carbocycles. The van der Waals surface area contributed by atoms with Gasteiger partial charge in [-0.15, -0.1) is 0 Å². The number of alkyl halides is 4. The Morgan fingerprint density at radius 2 is 1.89 bits per heavy atom. The number of halogens is 4. The molecule has 0 aromatic heterocycles. The van der Waals surface area contributed by atoms with E-state index in [1.807, 2.05) is 0 Å². The molecule has 0 bridgehead atoms. The van der Waals surface area contributed by atoms with Crippen molar-refractivity contribution in [3.63, 3.8) is 0 Å². The van der Waals surface area contributed by atoms with E-state index in [4.69, 9.17) is 23.2 Å². The van der Waals surface area contributed by atoms with E-state index in [2.05, 4.69) is 15.4 Å². The lowest BCUT2D eigenvalue weighted by Crippen LogP contribution is -2.32. The van der Waals surface area contributed by atoms with Crippen molar-refractivity contribution >= 4 is 34.9 Å². The van der Waals surface area contributed by atoms with E-state index in [1.54, 1.807) is 0 Å². The Hall–Kier alpha value is -1.27. The fraction of sp³-hybridized carbons (Fsp3) is 0.300. The molecule has 0 saturated heterocycles. The van der Waals surface area contributed by atoms with Crippen molar-refractivity contribution < 1.29 is 18.3 Å². The Morgan fingerprint density at radius 3 is 2.33 bits per heavy atom. The number of anilines is 1. The maximum atomic E-state index is 13.0. The molecule has 0 saturated carbocycles. The van der Waals surface area contributed by atoms with Crippen molar-refractivity contribution in [2.75, 3.05) is 12.4 Å². The summed E-state index contributed by atoms with van der Waals surface area (Å²) >= 11 is 10.1. The Labute approximate surface area is 112 Å². The van der Waals surface area contributed by atoms with E-state index >= 15 is 0 Å². The summed E-state index contributed by atoms with van der Waals surface area (Å²) < 4.78 is 30.4. The van der Waals surface area contributed by atoms with Crippen LogP contribution in [0.3, 0.4) is 0 Å². The van der Waals surface area contributed by atoms with Gasteiger partial charge in [-0.2, -0.15) is 8.78 Å². The Kier molecular flexibility index (Phi) is 4.98. The summed E-state index contributed by atoms with van der Waals surface area (Å²) in [6, 6.07) is 4.90. The summed E-state index contributed by atoms with van der Waals surface area (Å²) in [4.78, 5) is 9.00. The van der Waals surface area contributed by atoms with Crippen LogP contribution >= 0.6 is 23.2 Å². The number of urea groups is 1. The predicted octanol–water partition coefficient (Wildman–Crippen LogP) is 3.21. The fourth-order valence-corrected chi connectivity index (χ4v) is 1.09. The molecule has 1 aromatic carbocycles. The quantitative estimate of drug-likeness (QED) is 0.839. The normalized spacial score (nSPS) is 11.2. The van der Waals surface area contributed by atoms with Crippen LogP contribution in [0.5, 0.6) is 5.75 Å². The van der Waals surface area contributed by atoms with Gasteiger partial charge < -0.3 is 15.4 Å². The van der Waals surface area contributed by atoms with Gasteiger partial charge in [-0.05, 0) is 24.3 Å². The number of benzene rings is 1. The molecular weight excluding hydrogens is 289 g/mol. The van der Waals surface area contributed by atoms with E-state index < -0.39 is 17.0 Å². The number of carbonyl (C=O) groups excluding carboxylic acids is 1. The SMILES string of the molecule is CNC(=O)Nc1ccc(OC(F)(F)C(Cl)Cl)cc1. The highest BCUT2D eigenvalue weighted by molar-refractivity contribution is 6.44. The highest BCUT2D eigenvalue weighted by Gasteiger charge is 2.40. The third-order valence-electron chi connectivity index (χ3n) is 1.85. The van der Waals surface area contributed by atoms with Crippen LogP contribution in [-0.4, -0.2) is 24.0 Å². The Morgan fingerprint density at radius 1 is 1.33 bits per heavy atom. The molecule has 2 N–H and O–H groups in total. The average Bonchev–Trinajstić information content (AvgIpc) is 2.31. The van der Waals surface area contributed by atoms with Crippen LogP contribution in [0.1, 0.15) is 0 Å². The second kappa shape index (κ2) is 6.06. The maximum absolute atomic E-state index is 13.0. The third kappa shape index (κ3) is 4.19. The molecule has 1 rings (SSSR count). The number of ether oxygens (including phenoxy) is 1. The van der Waals surface area contributed by atoms with Gasteiger partial charge >= 0.3 is 12.1 Å². The van der Waals surface area contributed by atoms with E-state index in [1.165, 1.54) is 31.3 Å². The number of nitrogens with one attached hydrogen (secondary N) is 2. The molecular formula is C10H10Cl2F2N2O2. The molecule has 0 unspecified atom stereocenters. The maximum Gasteiger partial charge on any atom is 0.428 e. The summed E-state index contributed by atoms with van der Waals surface area (Å²) in [6.45, 7) is 0. The van der Waals surface area contributed by atoms with Gasteiger partial charge in [-0.1, -0.05) is 23.2 Å². The summed E-state index contributed by atoms with van der Waals surface area (Å²) in [5.74, 6) is -0.117. The highest BCUT2D eigenvalue weighted by atomic mass is 35.5. The number of amides is 2. The minimum absolute atomic E-state index is 0.117. The first-order chi connectivity index (χ1) is 8.35. The number of hydrogen-bond acceptors (Lipinski definition) is 2. The molecule has 0 spiro atoms. The lowest BCUT2D eigenvalue weighted by molar-refractivity contribution is -0.163. The molecule has 1 aromatic rings. The number of hydrogen-bond donors (Lipinski definition) is 2. The van der Waals surface area contributed by atoms with Crippen molar-refractivity contribution in [1.29, 1.82) is 0 Å². The second-order valence-electron chi connectivity index (χ2n) is 3.19. The first-order valence-electron chi connectivity index (χ1n) is 4.79. The summed E-state index contributed by atoms with van der Waals surface area (Å²) in [6.07, 6.45) is -3.68. The van der Waals surface area contributed by atoms with Crippen molar-refractivity contribution in [2.24, 2.45) is 0 Å². The van der Waals surface area contributed by atoms with Gasteiger partial charge in [0.15, 0.2) is 0 Å². The van der Waals surface area contributed by atoms with Crippen LogP contribution in [0.4, 0.5) is 19.3 Å². The van der Waals surface area contributed by atoms with Crippen molar-refractivity contribution in [2.45, 2.75) is 10.9 Å². The van der Waals surface area contributed by atoms with E-state index in [-0.39, 0.29) is 5.75 Å². The first-order valence-corrected chi connectivity index (χ1v) is 5.66. The molecule has 0 radical (unpaired) electrons. The largest absolute Gasteiger partial charge is 0.431 e. The lowest BCUT2D eigenvalue weighted by Gasteiger charge is -2.18. The standard InChI is InChI=1S/C10H10Cl2F2N2O2/c1-15-9(17)16-6-2-4-7(5-3-6)18-10(13,14)8(11)12/h2-5,8H,1H3,(H2,15,16,17). The highest BCUT2D eigenvalue weighted by Crippen LogP contribution is 2.30. The Bertz CT molecular complexity index is 413. The van der Waals surface area contributed by atoms with Crippen LogP contribution in [-0.2, 0) is 0 Å². The zero-order chi connectivity index (χ0) is 13.8. The van der Waals surface area contributed by atoms with Gasteiger partial charge in [0.2, 0.25) is 4.84 Å². The van der Waals surface area contributed by atoms with Crippen LogP contribution in [0.25, 0.3) is 0 Å². The van der Waals surface area contributed by atoms with Crippen LogP contribution < -0.4 is 15.4 Å². The van der Waals surface area contributed by atoms with Gasteiger partial charge in [-0.3, -0.25) is 0 Å². The third-order valence-corrected chi connectivity index (χ3v) is 2.36. The monoisotopic (exact) mass is 298 g/mol. The first kappa shape index (κ1) is 14.8. The van der Waals surface area contributed by atoms with Gasteiger partial charge in [0.1, 0.15) is 5.75 Å². The zero-order valence-electron chi connectivity index (χ0n) is 9.22. The molecule has 0 atom stereocenters. The molecule has 0 aliphatic heterocycles. The van der Waals surface area contributed by atoms with Gasteiger partial charge in [-0.25, -0.2) is 4.79 Å². The van der Waals surface area contributed by atoms with Crippen molar-refractivity contribution in [3.8, 4) is 5.75 Å². The molecule has 100 valence electrons. The average molecular weight is 299 g/mol. The predicted molar refractivity (Wildman–Crippen MR) is 65.6 cm³/mol. The fourth-order valence-electron chi connectivity index (χ4n) is 1.00. The van der Waals surface area contributed by atoms with E-state index in [0.717, 1.165) is 0 Å². The Balaban J connectivity index is 2.69. The van der Waals surface area contributed by atoms with E-state index in [0.29, 0.717) is 5.69 Å². The number of rotatable bonds is 4. The second-order valence-corrected chi connectivity index (χ2v) is 4.29. The van der Waals surface area contributed by atoms with Gasteiger partial charge in [0, 0.05) is 12.7 Å². The van der Waals surface area contributed by atoms with Crippen LogP contribution in [0, 0.1) is 0 Å². The molecule has 2 amide bonds. The van der Waals surface area contributed by atoms with E-state index in [9.17, 15) is 13.6 Å². The van der Waals surface area contributed by atoms with Crippen molar-refractivity contribution in [1.82, 2.24) is 5.32 Å².